The Balaban J connectivity index is 1.41. The topological polar surface area (TPSA) is 123 Å². The Labute approximate surface area is 216 Å². The first kappa shape index (κ1) is 25.9. The molecular weight excluding hydrogens is 468 g/mol. The molecule has 0 radical (unpaired) electrons. The zero-order chi connectivity index (χ0) is 26.2. The third-order valence-corrected chi connectivity index (χ3v) is 6.35. The van der Waals surface area contributed by atoms with Crippen LogP contribution >= 0.6 is 0 Å². The van der Waals surface area contributed by atoms with Crippen molar-refractivity contribution in [2.45, 2.75) is 38.1 Å². The smallest absolute Gasteiger partial charge is 0.407 e. The number of anilines is 2. The Morgan fingerprint density at radius 2 is 1.49 bits per heavy atom. The summed E-state index contributed by atoms with van der Waals surface area (Å²) in [6.45, 7) is 2.07. The van der Waals surface area contributed by atoms with Crippen molar-refractivity contribution in [3.05, 3.63) is 83.9 Å². The number of hydrogen-bond acceptors (Lipinski definition) is 5. The Bertz CT molecular complexity index is 1230. The van der Waals surface area contributed by atoms with E-state index in [1.165, 1.54) is 6.92 Å². The number of nitrogens with two attached hydrogens (primary N) is 1. The highest BCUT2D eigenvalue weighted by molar-refractivity contribution is 5.97. The van der Waals surface area contributed by atoms with Crippen LogP contribution in [0.25, 0.3) is 11.1 Å². The largest absolute Gasteiger partial charge is 0.449 e. The highest BCUT2D eigenvalue weighted by Gasteiger charge is 2.29. The number of carbonyl (C=O) groups excluding carboxylic acids is 3. The van der Waals surface area contributed by atoms with E-state index < -0.39 is 12.1 Å². The molecule has 37 heavy (non-hydrogen) atoms. The zero-order valence-corrected chi connectivity index (χ0v) is 20.8. The molecule has 0 aromatic heterocycles. The molecule has 3 aromatic carbocycles. The van der Waals surface area contributed by atoms with E-state index in [-0.39, 0.29) is 24.3 Å². The van der Waals surface area contributed by atoms with E-state index in [0.717, 1.165) is 28.7 Å². The lowest BCUT2D eigenvalue weighted by molar-refractivity contribution is -0.118. The van der Waals surface area contributed by atoms with Gasteiger partial charge in [0.15, 0.2) is 0 Å². The lowest BCUT2D eigenvalue weighted by Crippen LogP contribution is -2.44. The number of unbranched alkanes of at least 4 members (excludes halogenated alkanes) is 1. The molecule has 192 valence electrons. The van der Waals surface area contributed by atoms with Gasteiger partial charge in [-0.25, -0.2) is 4.79 Å². The van der Waals surface area contributed by atoms with Crippen molar-refractivity contribution in [1.29, 1.82) is 0 Å². The first-order valence-electron chi connectivity index (χ1n) is 12.5. The highest BCUT2D eigenvalue weighted by atomic mass is 16.5. The molecule has 0 spiro atoms. The molecule has 0 saturated heterocycles. The number of ether oxygens (including phenoxy) is 1. The number of nitrogens with one attached hydrogen (secondary N) is 3. The number of hydrogen-bond donors (Lipinski definition) is 4. The molecule has 0 fully saturated rings. The highest BCUT2D eigenvalue weighted by Crippen LogP contribution is 2.44. The fourth-order valence-electron chi connectivity index (χ4n) is 4.65. The number of alkyl carbamates (subject to hydrolysis) is 1. The Hall–Kier alpha value is -4.17. The van der Waals surface area contributed by atoms with Gasteiger partial charge >= 0.3 is 6.09 Å². The summed E-state index contributed by atoms with van der Waals surface area (Å²) >= 11 is 0. The molecule has 0 saturated carbocycles. The summed E-state index contributed by atoms with van der Waals surface area (Å²) in [6.07, 6.45) is 1.17. The minimum atomic E-state index is -0.799. The predicted octanol–water partition coefficient (Wildman–Crippen LogP) is 4.62. The van der Waals surface area contributed by atoms with Gasteiger partial charge in [-0.3, -0.25) is 9.59 Å². The van der Waals surface area contributed by atoms with Gasteiger partial charge in [0.2, 0.25) is 11.8 Å². The van der Waals surface area contributed by atoms with E-state index >= 15 is 0 Å². The van der Waals surface area contributed by atoms with Crippen LogP contribution in [-0.4, -0.2) is 37.1 Å². The van der Waals surface area contributed by atoms with Gasteiger partial charge in [-0.15, -0.1) is 0 Å². The summed E-state index contributed by atoms with van der Waals surface area (Å²) < 4.78 is 5.64. The Morgan fingerprint density at radius 3 is 2.11 bits per heavy atom. The van der Waals surface area contributed by atoms with Gasteiger partial charge in [0.05, 0.1) is 0 Å². The lowest BCUT2D eigenvalue weighted by atomic mass is 9.98. The number of amides is 3. The second-order valence-electron chi connectivity index (χ2n) is 9.06. The fraction of sp³-hybridized carbons (Fsp3) is 0.276. The van der Waals surface area contributed by atoms with Crippen LogP contribution in [0.2, 0.25) is 0 Å². The second-order valence-corrected chi connectivity index (χ2v) is 9.06. The Kier molecular flexibility index (Phi) is 8.53. The number of benzene rings is 3. The number of fused-ring (bicyclic) bond motifs is 3. The van der Waals surface area contributed by atoms with Crippen LogP contribution in [-0.2, 0) is 14.3 Å². The van der Waals surface area contributed by atoms with Gasteiger partial charge in [-0.2, -0.15) is 0 Å². The molecule has 1 aliphatic carbocycles. The molecule has 0 bridgehead atoms. The molecule has 5 N–H and O–H groups in total. The zero-order valence-electron chi connectivity index (χ0n) is 20.8. The molecular formula is C29H32N4O4. The van der Waals surface area contributed by atoms with Crippen molar-refractivity contribution in [1.82, 2.24) is 5.32 Å². The van der Waals surface area contributed by atoms with E-state index in [0.29, 0.717) is 30.8 Å². The molecule has 3 aromatic rings. The monoisotopic (exact) mass is 500 g/mol. The molecule has 4 rings (SSSR count). The number of carbonyl (C=O) groups is 3. The van der Waals surface area contributed by atoms with Gasteiger partial charge in [0, 0.05) is 24.2 Å². The van der Waals surface area contributed by atoms with Crippen LogP contribution < -0.4 is 21.7 Å². The van der Waals surface area contributed by atoms with Crippen molar-refractivity contribution in [2.75, 3.05) is 23.8 Å². The summed E-state index contributed by atoms with van der Waals surface area (Å²) in [6, 6.07) is 22.3. The van der Waals surface area contributed by atoms with Crippen LogP contribution in [0.15, 0.2) is 72.8 Å². The van der Waals surface area contributed by atoms with Gasteiger partial charge in [0.1, 0.15) is 12.6 Å². The fourth-order valence-corrected chi connectivity index (χ4v) is 4.65. The van der Waals surface area contributed by atoms with Crippen LogP contribution in [0.5, 0.6) is 0 Å². The minimum Gasteiger partial charge on any atom is -0.449 e. The normalized spacial score (nSPS) is 12.7. The minimum absolute atomic E-state index is 0.0702. The maximum absolute atomic E-state index is 13.1. The first-order chi connectivity index (χ1) is 18.0. The summed E-state index contributed by atoms with van der Waals surface area (Å²) in [5.74, 6) is -0.648. The molecule has 0 unspecified atom stereocenters. The van der Waals surface area contributed by atoms with Crippen molar-refractivity contribution in [3.8, 4) is 11.1 Å². The first-order valence-corrected chi connectivity index (χ1v) is 12.5. The third-order valence-electron chi connectivity index (χ3n) is 6.35. The molecule has 1 atom stereocenters. The van der Waals surface area contributed by atoms with Crippen LogP contribution in [0.4, 0.5) is 16.2 Å². The second kappa shape index (κ2) is 12.2. The van der Waals surface area contributed by atoms with Gasteiger partial charge in [0.25, 0.3) is 0 Å². The average Bonchev–Trinajstić information content (AvgIpc) is 3.20. The molecule has 8 heteroatoms. The van der Waals surface area contributed by atoms with E-state index in [1.807, 2.05) is 24.3 Å². The van der Waals surface area contributed by atoms with Crippen LogP contribution in [0.3, 0.4) is 0 Å². The summed E-state index contributed by atoms with van der Waals surface area (Å²) in [7, 11) is 0. The third kappa shape index (κ3) is 6.54. The number of rotatable bonds is 10. The molecule has 0 aliphatic heterocycles. The van der Waals surface area contributed by atoms with Gasteiger partial charge < -0.3 is 26.4 Å². The standard InChI is InChI=1S/C29H32N4O4/c1-19(34)31-20-9-8-10-21(17-20)32-28(35)27(15-6-7-16-30)33-29(36)37-18-26-24-13-4-2-11-22(24)23-12-3-5-14-25(23)26/h2-5,8-14,17,26-27H,6-7,15-16,18,30H2,1H3,(H,31,34)(H,32,35)(H,33,36)/t27-/m0/s1. The van der Waals surface area contributed by atoms with Crippen LogP contribution in [0.1, 0.15) is 43.2 Å². The summed E-state index contributed by atoms with van der Waals surface area (Å²) in [5.41, 5.74) is 11.2. The predicted molar refractivity (Wildman–Crippen MR) is 144 cm³/mol. The van der Waals surface area contributed by atoms with E-state index in [2.05, 4.69) is 40.2 Å². The molecule has 8 nitrogen and oxygen atoms in total. The molecule has 3 amide bonds. The molecule has 1 aliphatic rings. The van der Waals surface area contributed by atoms with Crippen molar-refractivity contribution >= 4 is 29.3 Å². The SMILES string of the molecule is CC(=O)Nc1cccc(NC(=O)[C@H](CCCCN)NC(=O)OCC2c3ccccc3-c3ccccc32)c1. The molecule has 0 heterocycles. The Morgan fingerprint density at radius 1 is 0.865 bits per heavy atom. The summed E-state index contributed by atoms with van der Waals surface area (Å²) in [5, 5.41) is 8.24. The van der Waals surface area contributed by atoms with Gasteiger partial charge in [-0.05, 0) is 66.3 Å². The van der Waals surface area contributed by atoms with E-state index in [1.54, 1.807) is 24.3 Å². The lowest BCUT2D eigenvalue weighted by Gasteiger charge is -2.20. The maximum Gasteiger partial charge on any atom is 0.407 e. The van der Waals surface area contributed by atoms with Crippen molar-refractivity contribution in [2.24, 2.45) is 5.73 Å². The van der Waals surface area contributed by atoms with Crippen LogP contribution in [0, 0.1) is 0 Å². The van der Waals surface area contributed by atoms with Crippen molar-refractivity contribution < 1.29 is 19.1 Å². The summed E-state index contributed by atoms with van der Waals surface area (Å²) in [4.78, 5) is 37.2. The van der Waals surface area contributed by atoms with E-state index in [4.69, 9.17) is 10.5 Å². The van der Waals surface area contributed by atoms with Gasteiger partial charge in [-0.1, -0.05) is 54.6 Å². The van der Waals surface area contributed by atoms with Crippen molar-refractivity contribution in [3.63, 3.8) is 0 Å². The average molecular weight is 501 g/mol. The quantitative estimate of drug-likeness (QED) is 0.303. The maximum atomic E-state index is 13.1. The van der Waals surface area contributed by atoms with E-state index in [9.17, 15) is 14.4 Å².